The van der Waals surface area contributed by atoms with E-state index >= 15 is 0 Å². The van der Waals surface area contributed by atoms with Crippen LogP contribution in [-0.2, 0) is 6.54 Å². The molecule has 1 aliphatic carbocycles. The zero-order valence-corrected chi connectivity index (χ0v) is 10.3. The van der Waals surface area contributed by atoms with Gasteiger partial charge in [-0.25, -0.2) is 0 Å². The van der Waals surface area contributed by atoms with Crippen LogP contribution in [0.1, 0.15) is 31.2 Å². The lowest BCUT2D eigenvalue weighted by Crippen LogP contribution is -2.40. The molecule has 0 aliphatic heterocycles. The summed E-state index contributed by atoms with van der Waals surface area (Å²) in [4.78, 5) is 1.96. The van der Waals surface area contributed by atoms with Crippen LogP contribution in [0.15, 0.2) is 12.3 Å². The summed E-state index contributed by atoms with van der Waals surface area (Å²) in [5.41, 5.74) is 6.06. The van der Waals surface area contributed by atoms with E-state index in [2.05, 4.69) is 10.2 Å². The first-order chi connectivity index (χ1) is 8.14. The Morgan fingerprint density at radius 2 is 2.18 bits per heavy atom. The average Bonchev–Trinajstić information content (AvgIpc) is 2.75. The van der Waals surface area contributed by atoms with Crippen molar-refractivity contribution >= 4 is 5.82 Å². The highest BCUT2D eigenvalue weighted by atomic mass is 16.3. The standard InChI is InChI=1S/C12H20N4O/c1-16(9-12(17)5-2-3-6-12)11-10(8-13)4-7-14-15-11/h4,7,17H,2-3,5-6,8-9,13H2,1H3. The fourth-order valence-electron chi connectivity index (χ4n) is 2.54. The van der Waals surface area contributed by atoms with Gasteiger partial charge in [-0.2, -0.15) is 5.10 Å². The molecule has 5 nitrogen and oxygen atoms in total. The molecule has 1 aromatic heterocycles. The molecule has 17 heavy (non-hydrogen) atoms. The first-order valence-corrected chi connectivity index (χ1v) is 6.09. The largest absolute Gasteiger partial charge is 0.388 e. The zero-order valence-electron chi connectivity index (χ0n) is 10.3. The van der Waals surface area contributed by atoms with Gasteiger partial charge in [-0.05, 0) is 18.9 Å². The first kappa shape index (κ1) is 12.3. The van der Waals surface area contributed by atoms with Gasteiger partial charge in [0.15, 0.2) is 5.82 Å². The fraction of sp³-hybridized carbons (Fsp3) is 0.667. The van der Waals surface area contributed by atoms with E-state index in [4.69, 9.17) is 5.73 Å². The number of anilines is 1. The number of hydrogen-bond acceptors (Lipinski definition) is 5. The highest BCUT2D eigenvalue weighted by molar-refractivity contribution is 5.45. The van der Waals surface area contributed by atoms with Crippen LogP contribution in [0.25, 0.3) is 0 Å². The SMILES string of the molecule is CN(CC1(O)CCCC1)c1nnccc1CN. The van der Waals surface area contributed by atoms with Gasteiger partial charge in [0.2, 0.25) is 0 Å². The van der Waals surface area contributed by atoms with Crippen molar-refractivity contribution in [2.45, 2.75) is 37.8 Å². The molecule has 0 atom stereocenters. The van der Waals surface area contributed by atoms with Crippen molar-refractivity contribution in [1.29, 1.82) is 0 Å². The van der Waals surface area contributed by atoms with Gasteiger partial charge in [0.1, 0.15) is 0 Å². The van der Waals surface area contributed by atoms with E-state index in [9.17, 15) is 5.11 Å². The Labute approximate surface area is 102 Å². The van der Waals surface area contributed by atoms with Crippen LogP contribution in [0, 0.1) is 0 Å². The van der Waals surface area contributed by atoms with Crippen LogP contribution >= 0.6 is 0 Å². The molecule has 1 aromatic rings. The topological polar surface area (TPSA) is 75.3 Å². The first-order valence-electron chi connectivity index (χ1n) is 6.09. The minimum Gasteiger partial charge on any atom is -0.388 e. The van der Waals surface area contributed by atoms with Crippen LogP contribution in [0.3, 0.4) is 0 Å². The molecule has 0 saturated heterocycles. The van der Waals surface area contributed by atoms with Crippen molar-refractivity contribution in [3.8, 4) is 0 Å². The average molecular weight is 236 g/mol. The van der Waals surface area contributed by atoms with Crippen LogP contribution in [0.2, 0.25) is 0 Å². The maximum atomic E-state index is 10.4. The maximum absolute atomic E-state index is 10.4. The van der Waals surface area contributed by atoms with Gasteiger partial charge >= 0.3 is 0 Å². The van der Waals surface area contributed by atoms with Crippen molar-refractivity contribution in [1.82, 2.24) is 10.2 Å². The molecule has 0 radical (unpaired) electrons. The summed E-state index contributed by atoms with van der Waals surface area (Å²) in [5.74, 6) is 0.773. The summed E-state index contributed by atoms with van der Waals surface area (Å²) >= 11 is 0. The van der Waals surface area contributed by atoms with E-state index in [0.29, 0.717) is 13.1 Å². The number of nitrogens with zero attached hydrogens (tertiary/aromatic N) is 3. The molecule has 0 amide bonds. The van der Waals surface area contributed by atoms with Gasteiger partial charge in [-0.3, -0.25) is 0 Å². The lowest BCUT2D eigenvalue weighted by molar-refractivity contribution is 0.0557. The van der Waals surface area contributed by atoms with Gasteiger partial charge in [0.25, 0.3) is 0 Å². The minimum atomic E-state index is -0.571. The Kier molecular flexibility index (Phi) is 3.59. The van der Waals surface area contributed by atoms with Crippen molar-refractivity contribution in [3.63, 3.8) is 0 Å². The van der Waals surface area contributed by atoms with Crippen molar-refractivity contribution < 1.29 is 5.11 Å². The van der Waals surface area contributed by atoms with Gasteiger partial charge in [0, 0.05) is 25.7 Å². The Balaban J connectivity index is 2.11. The molecule has 5 heteroatoms. The molecule has 1 fully saturated rings. The molecule has 0 aromatic carbocycles. The van der Waals surface area contributed by atoms with Gasteiger partial charge in [-0.1, -0.05) is 12.8 Å². The number of hydrogen-bond donors (Lipinski definition) is 2. The molecule has 1 saturated carbocycles. The lowest BCUT2D eigenvalue weighted by Gasteiger charge is -2.29. The summed E-state index contributed by atoms with van der Waals surface area (Å²) in [5, 5.41) is 18.4. The smallest absolute Gasteiger partial charge is 0.155 e. The predicted octanol–water partition coefficient (Wildman–Crippen LogP) is 0.677. The van der Waals surface area contributed by atoms with E-state index in [-0.39, 0.29) is 0 Å². The van der Waals surface area contributed by atoms with Crippen LogP contribution in [0.4, 0.5) is 5.82 Å². The third kappa shape index (κ3) is 2.73. The van der Waals surface area contributed by atoms with Crippen LogP contribution in [-0.4, -0.2) is 34.5 Å². The van der Waals surface area contributed by atoms with Crippen molar-refractivity contribution in [2.75, 3.05) is 18.5 Å². The summed E-state index contributed by atoms with van der Waals surface area (Å²) in [7, 11) is 1.93. The van der Waals surface area contributed by atoms with E-state index in [1.807, 2.05) is 18.0 Å². The second-order valence-electron chi connectivity index (χ2n) is 4.87. The van der Waals surface area contributed by atoms with E-state index in [0.717, 1.165) is 37.1 Å². The third-order valence-corrected chi connectivity index (χ3v) is 3.43. The number of rotatable bonds is 4. The quantitative estimate of drug-likeness (QED) is 0.804. The molecule has 2 rings (SSSR count). The summed E-state index contributed by atoms with van der Waals surface area (Å²) in [6.45, 7) is 1.03. The van der Waals surface area contributed by atoms with Crippen LogP contribution < -0.4 is 10.6 Å². The lowest BCUT2D eigenvalue weighted by atomic mass is 10.0. The molecule has 0 spiro atoms. The van der Waals surface area contributed by atoms with Crippen molar-refractivity contribution in [3.05, 3.63) is 17.8 Å². The van der Waals surface area contributed by atoms with E-state index in [1.54, 1.807) is 6.20 Å². The van der Waals surface area contributed by atoms with Crippen LogP contribution in [0.5, 0.6) is 0 Å². The predicted molar refractivity (Wildman–Crippen MR) is 66.6 cm³/mol. The van der Waals surface area contributed by atoms with Gasteiger partial charge in [-0.15, -0.1) is 5.10 Å². The number of likely N-dealkylation sites (N-methyl/N-ethyl adjacent to an activating group) is 1. The van der Waals surface area contributed by atoms with E-state index in [1.165, 1.54) is 0 Å². The summed E-state index contributed by atoms with van der Waals surface area (Å²) < 4.78 is 0. The molecular weight excluding hydrogens is 216 g/mol. The molecule has 1 heterocycles. The Morgan fingerprint density at radius 3 is 2.82 bits per heavy atom. The Hall–Kier alpha value is -1.20. The van der Waals surface area contributed by atoms with Gasteiger partial charge < -0.3 is 15.7 Å². The van der Waals surface area contributed by atoms with Crippen molar-refractivity contribution in [2.24, 2.45) is 5.73 Å². The van der Waals surface area contributed by atoms with E-state index < -0.39 is 5.60 Å². The maximum Gasteiger partial charge on any atom is 0.155 e. The monoisotopic (exact) mass is 236 g/mol. The summed E-state index contributed by atoms with van der Waals surface area (Å²) in [6, 6.07) is 1.87. The van der Waals surface area contributed by atoms with Gasteiger partial charge in [0.05, 0.1) is 11.8 Å². The fourth-order valence-corrected chi connectivity index (χ4v) is 2.54. The molecular formula is C12H20N4O. The molecule has 0 unspecified atom stereocenters. The molecule has 0 bridgehead atoms. The highest BCUT2D eigenvalue weighted by Crippen LogP contribution is 2.31. The Bertz CT molecular complexity index is 377. The number of nitrogens with two attached hydrogens (primary N) is 1. The third-order valence-electron chi connectivity index (χ3n) is 3.43. The normalized spacial score (nSPS) is 18.3. The highest BCUT2D eigenvalue weighted by Gasteiger charge is 2.32. The number of aromatic nitrogens is 2. The summed E-state index contributed by atoms with van der Waals surface area (Å²) in [6.07, 6.45) is 5.60. The molecule has 3 N–H and O–H groups in total. The minimum absolute atomic E-state index is 0.438. The second kappa shape index (κ2) is 4.98. The Morgan fingerprint density at radius 1 is 1.47 bits per heavy atom. The zero-order chi connectivity index (χ0) is 12.3. The molecule has 94 valence electrons. The molecule has 1 aliphatic rings. The number of aliphatic hydroxyl groups is 1. The second-order valence-corrected chi connectivity index (χ2v) is 4.87.